The van der Waals surface area contributed by atoms with Crippen LogP contribution in [-0.4, -0.2) is 35.6 Å². The van der Waals surface area contributed by atoms with Crippen LogP contribution in [0, 0.1) is 0 Å². The van der Waals surface area contributed by atoms with Gasteiger partial charge in [-0.1, -0.05) is 22.0 Å². The van der Waals surface area contributed by atoms with E-state index in [1.54, 1.807) is 36.4 Å². The van der Waals surface area contributed by atoms with Crippen molar-refractivity contribution < 1.29 is 22.7 Å². The summed E-state index contributed by atoms with van der Waals surface area (Å²) < 4.78 is 38.4. The number of amides is 1. The SMILES string of the molecule is COc1ccc(S(=O)(=O)N(C)c2ccc(C(=O)Nc3cccc(Br)c3)cc2)cc1OC. The molecule has 162 valence electrons. The average molecular weight is 505 g/mol. The van der Waals surface area contributed by atoms with Crippen LogP contribution in [0.25, 0.3) is 0 Å². The van der Waals surface area contributed by atoms with Crippen LogP contribution in [0.15, 0.2) is 76.1 Å². The van der Waals surface area contributed by atoms with Gasteiger partial charge in [-0.05, 0) is 54.6 Å². The van der Waals surface area contributed by atoms with E-state index in [2.05, 4.69) is 21.2 Å². The summed E-state index contributed by atoms with van der Waals surface area (Å²) in [5.74, 6) is 0.455. The molecule has 0 saturated carbocycles. The van der Waals surface area contributed by atoms with Crippen LogP contribution in [0.2, 0.25) is 0 Å². The van der Waals surface area contributed by atoms with E-state index in [0.717, 1.165) is 8.78 Å². The number of carbonyl (C=O) groups is 1. The maximum Gasteiger partial charge on any atom is 0.264 e. The topological polar surface area (TPSA) is 84.9 Å². The molecule has 0 aliphatic rings. The lowest BCUT2D eigenvalue weighted by Gasteiger charge is -2.20. The van der Waals surface area contributed by atoms with Crippen molar-refractivity contribution in [3.63, 3.8) is 0 Å². The molecule has 0 aliphatic heterocycles. The third-order valence-electron chi connectivity index (χ3n) is 4.59. The highest BCUT2D eigenvalue weighted by molar-refractivity contribution is 9.10. The van der Waals surface area contributed by atoms with Gasteiger partial charge in [0.25, 0.3) is 15.9 Å². The molecule has 0 atom stereocenters. The van der Waals surface area contributed by atoms with Gasteiger partial charge >= 0.3 is 0 Å². The molecule has 9 heteroatoms. The van der Waals surface area contributed by atoms with E-state index in [1.165, 1.54) is 39.5 Å². The van der Waals surface area contributed by atoms with Crippen LogP contribution in [0.3, 0.4) is 0 Å². The minimum atomic E-state index is -3.84. The van der Waals surface area contributed by atoms with Crippen molar-refractivity contribution in [2.45, 2.75) is 4.90 Å². The molecule has 0 aliphatic carbocycles. The Morgan fingerprint density at radius 3 is 2.23 bits per heavy atom. The molecule has 0 radical (unpaired) electrons. The molecule has 3 rings (SSSR count). The van der Waals surface area contributed by atoms with Crippen molar-refractivity contribution in [1.29, 1.82) is 0 Å². The first-order chi connectivity index (χ1) is 14.8. The molecule has 1 N–H and O–H groups in total. The predicted octanol–water partition coefficient (Wildman–Crippen LogP) is 4.54. The summed E-state index contributed by atoms with van der Waals surface area (Å²) in [5, 5.41) is 2.80. The van der Waals surface area contributed by atoms with Gasteiger partial charge in [-0.25, -0.2) is 8.42 Å². The summed E-state index contributed by atoms with van der Waals surface area (Å²) in [4.78, 5) is 12.5. The molecule has 0 fully saturated rings. The minimum absolute atomic E-state index is 0.0594. The standard InChI is InChI=1S/C22H21BrN2O5S/c1-25(31(27,28)19-11-12-20(29-2)21(14-19)30-3)18-9-7-15(8-10-18)22(26)24-17-6-4-5-16(23)13-17/h4-14H,1-3H3,(H,24,26). The van der Waals surface area contributed by atoms with E-state index in [-0.39, 0.29) is 10.8 Å². The second-order valence-electron chi connectivity index (χ2n) is 6.50. The molecule has 3 aromatic carbocycles. The number of ether oxygens (including phenoxy) is 2. The van der Waals surface area contributed by atoms with Gasteiger partial charge in [-0.2, -0.15) is 0 Å². The summed E-state index contributed by atoms with van der Waals surface area (Å²) in [5.41, 5.74) is 1.46. The highest BCUT2D eigenvalue weighted by Crippen LogP contribution is 2.31. The van der Waals surface area contributed by atoms with Gasteiger partial charge in [-0.15, -0.1) is 0 Å². The Morgan fingerprint density at radius 2 is 1.61 bits per heavy atom. The van der Waals surface area contributed by atoms with Crippen LogP contribution in [-0.2, 0) is 10.0 Å². The smallest absolute Gasteiger partial charge is 0.264 e. The normalized spacial score (nSPS) is 11.0. The van der Waals surface area contributed by atoms with Crippen molar-refractivity contribution in [1.82, 2.24) is 0 Å². The van der Waals surface area contributed by atoms with Crippen molar-refractivity contribution in [2.75, 3.05) is 30.9 Å². The molecule has 0 unspecified atom stereocenters. The van der Waals surface area contributed by atoms with E-state index in [4.69, 9.17) is 9.47 Å². The second kappa shape index (κ2) is 9.40. The second-order valence-corrected chi connectivity index (χ2v) is 9.39. The first-order valence-corrected chi connectivity index (χ1v) is 11.4. The van der Waals surface area contributed by atoms with E-state index < -0.39 is 10.0 Å². The zero-order chi connectivity index (χ0) is 22.6. The van der Waals surface area contributed by atoms with Crippen LogP contribution in [0.4, 0.5) is 11.4 Å². The number of hydrogen-bond acceptors (Lipinski definition) is 5. The third kappa shape index (κ3) is 5.00. The predicted molar refractivity (Wildman–Crippen MR) is 124 cm³/mol. The largest absolute Gasteiger partial charge is 0.493 e. The van der Waals surface area contributed by atoms with Gasteiger partial charge in [0.15, 0.2) is 11.5 Å². The first kappa shape index (κ1) is 22.6. The lowest BCUT2D eigenvalue weighted by Crippen LogP contribution is -2.26. The van der Waals surface area contributed by atoms with Crippen LogP contribution in [0.5, 0.6) is 11.5 Å². The number of benzene rings is 3. The molecule has 1 amide bonds. The van der Waals surface area contributed by atoms with Gasteiger partial charge in [-0.3, -0.25) is 9.10 Å². The van der Waals surface area contributed by atoms with Gasteiger partial charge < -0.3 is 14.8 Å². The fourth-order valence-electron chi connectivity index (χ4n) is 2.87. The Labute approximate surface area is 189 Å². The van der Waals surface area contributed by atoms with Crippen molar-refractivity contribution in [3.8, 4) is 11.5 Å². The summed E-state index contributed by atoms with van der Waals surface area (Å²) in [7, 11) is 0.522. The Morgan fingerprint density at radius 1 is 0.935 bits per heavy atom. The molecule has 0 saturated heterocycles. The van der Waals surface area contributed by atoms with Gasteiger partial charge in [0.2, 0.25) is 0 Å². The number of anilines is 2. The molecule has 0 bridgehead atoms. The number of sulfonamides is 1. The molecule has 7 nitrogen and oxygen atoms in total. The fraction of sp³-hybridized carbons (Fsp3) is 0.136. The van der Waals surface area contributed by atoms with Gasteiger partial charge in [0, 0.05) is 28.8 Å². The summed E-state index contributed by atoms with van der Waals surface area (Å²) >= 11 is 3.36. The van der Waals surface area contributed by atoms with Crippen LogP contribution >= 0.6 is 15.9 Å². The highest BCUT2D eigenvalue weighted by atomic mass is 79.9. The lowest BCUT2D eigenvalue weighted by molar-refractivity contribution is 0.102. The van der Waals surface area contributed by atoms with Crippen molar-refractivity contribution in [2.24, 2.45) is 0 Å². The third-order valence-corrected chi connectivity index (χ3v) is 6.86. The number of hydrogen-bond donors (Lipinski definition) is 1. The molecule has 0 aromatic heterocycles. The van der Waals surface area contributed by atoms with Crippen molar-refractivity contribution >= 4 is 43.2 Å². The minimum Gasteiger partial charge on any atom is -0.493 e. The maximum absolute atomic E-state index is 13.0. The quantitative estimate of drug-likeness (QED) is 0.510. The van der Waals surface area contributed by atoms with Crippen molar-refractivity contribution in [3.05, 3.63) is 76.8 Å². The van der Waals surface area contributed by atoms with E-state index >= 15 is 0 Å². The molecule has 31 heavy (non-hydrogen) atoms. The summed E-state index contributed by atoms with van der Waals surface area (Å²) in [6.07, 6.45) is 0. The number of nitrogens with one attached hydrogen (secondary N) is 1. The van der Waals surface area contributed by atoms with E-state index in [0.29, 0.717) is 28.4 Å². The van der Waals surface area contributed by atoms with E-state index in [9.17, 15) is 13.2 Å². The molecule has 0 heterocycles. The Bertz CT molecular complexity index is 1200. The molecule has 0 spiro atoms. The summed E-state index contributed by atoms with van der Waals surface area (Å²) in [6.45, 7) is 0. The fourth-order valence-corrected chi connectivity index (χ4v) is 4.48. The summed E-state index contributed by atoms with van der Waals surface area (Å²) in [6, 6.07) is 17.9. The zero-order valence-corrected chi connectivity index (χ0v) is 19.5. The number of nitrogens with zero attached hydrogens (tertiary/aromatic N) is 1. The highest BCUT2D eigenvalue weighted by Gasteiger charge is 2.23. The number of halogens is 1. The van der Waals surface area contributed by atoms with E-state index in [1.807, 2.05) is 12.1 Å². The van der Waals surface area contributed by atoms with Gasteiger partial charge in [0.1, 0.15) is 0 Å². The van der Waals surface area contributed by atoms with Crippen LogP contribution in [0.1, 0.15) is 10.4 Å². The Balaban J connectivity index is 1.80. The lowest BCUT2D eigenvalue weighted by atomic mass is 10.2. The number of methoxy groups -OCH3 is 2. The van der Waals surface area contributed by atoms with Crippen LogP contribution < -0.4 is 19.1 Å². The average Bonchev–Trinajstić information content (AvgIpc) is 2.78. The monoisotopic (exact) mass is 504 g/mol. The number of carbonyl (C=O) groups excluding carboxylic acids is 1. The maximum atomic E-state index is 13.0. The number of rotatable bonds is 7. The molecule has 3 aromatic rings. The molecular formula is C22H21BrN2O5S. The van der Waals surface area contributed by atoms with Gasteiger partial charge in [0.05, 0.1) is 24.8 Å². The molecular weight excluding hydrogens is 484 g/mol. The Kier molecular flexibility index (Phi) is 6.87. The Hall–Kier alpha value is -3.04. The zero-order valence-electron chi connectivity index (χ0n) is 17.1. The first-order valence-electron chi connectivity index (χ1n) is 9.14.